The Labute approximate surface area is 136 Å². The van der Waals surface area contributed by atoms with Gasteiger partial charge in [-0.05, 0) is 23.3 Å². The number of rotatable bonds is 0. The van der Waals surface area contributed by atoms with E-state index in [0.29, 0.717) is 0 Å². The van der Waals surface area contributed by atoms with Gasteiger partial charge in [0.25, 0.3) is 0 Å². The summed E-state index contributed by atoms with van der Waals surface area (Å²) in [5, 5.41) is 2.41. The van der Waals surface area contributed by atoms with Crippen molar-refractivity contribution in [2.24, 2.45) is 0 Å². The minimum Gasteiger partial charge on any atom is -0.307 e. The molecule has 0 N–H and O–H groups in total. The summed E-state index contributed by atoms with van der Waals surface area (Å²) in [6.07, 6.45) is 3.80. The van der Waals surface area contributed by atoms with Gasteiger partial charge in [-0.25, -0.2) is 0 Å². The summed E-state index contributed by atoms with van der Waals surface area (Å²) in [7, 11) is 6.24. The number of aromatic nitrogens is 2. The van der Waals surface area contributed by atoms with Gasteiger partial charge in [0.05, 0.1) is 22.9 Å². The predicted molar refractivity (Wildman–Crippen MR) is 96.1 cm³/mol. The molecular formula is C20H15BN2. The zero-order valence-electron chi connectivity index (χ0n) is 13.2. The zero-order chi connectivity index (χ0) is 15.8. The first-order valence-electron chi connectivity index (χ1n) is 7.87. The highest BCUT2D eigenvalue weighted by Gasteiger charge is 2.34. The van der Waals surface area contributed by atoms with Crippen molar-refractivity contribution in [1.29, 1.82) is 0 Å². The van der Waals surface area contributed by atoms with E-state index in [1.165, 1.54) is 33.1 Å². The number of hydrogen-bond acceptors (Lipinski definition) is 1. The number of pyridine rings is 1. The maximum atomic E-state index is 6.24. The lowest BCUT2D eigenvalue weighted by atomic mass is 9.73. The molecule has 0 bridgehead atoms. The number of nitrogens with zero attached hydrogens (tertiary/aromatic N) is 2. The van der Waals surface area contributed by atoms with Gasteiger partial charge in [-0.15, -0.1) is 0 Å². The number of fused-ring (bicyclic) bond motifs is 5. The van der Waals surface area contributed by atoms with E-state index in [1.807, 2.05) is 12.4 Å². The standard InChI is InChI=1S/C20H15BN2/c1-20(2)15-5-3-4-6-17(15)23-18-11-22-8-7-13(18)14-9-12(21)10-16(20)19(14)23/h3-11H,1-2H3. The fourth-order valence-corrected chi connectivity index (χ4v) is 4.08. The van der Waals surface area contributed by atoms with Gasteiger partial charge in [-0.2, -0.15) is 0 Å². The van der Waals surface area contributed by atoms with Gasteiger partial charge in [0.15, 0.2) is 0 Å². The van der Waals surface area contributed by atoms with Crippen molar-refractivity contribution in [3.05, 3.63) is 66.0 Å². The molecule has 23 heavy (non-hydrogen) atoms. The van der Waals surface area contributed by atoms with Crippen LogP contribution in [0, 0.1) is 0 Å². The molecule has 3 heteroatoms. The topological polar surface area (TPSA) is 17.8 Å². The number of benzene rings is 2. The highest BCUT2D eigenvalue weighted by molar-refractivity contribution is 6.34. The molecule has 0 unspecified atom stereocenters. The lowest BCUT2D eigenvalue weighted by Crippen LogP contribution is -2.27. The van der Waals surface area contributed by atoms with Crippen LogP contribution in [-0.2, 0) is 5.41 Å². The average molecular weight is 294 g/mol. The molecule has 2 aromatic heterocycles. The molecule has 2 radical (unpaired) electrons. The molecule has 108 valence electrons. The molecule has 0 spiro atoms. The molecular weight excluding hydrogens is 279 g/mol. The smallest absolute Gasteiger partial charge is 0.113 e. The van der Waals surface area contributed by atoms with E-state index in [4.69, 9.17) is 7.85 Å². The van der Waals surface area contributed by atoms with Crippen molar-refractivity contribution >= 4 is 35.1 Å². The van der Waals surface area contributed by atoms with Crippen molar-refractivity contribution in [2.45, 2.75) is 19.3 Å². The Kier molecular flexibility index (Phi) is 2.28. The van der Waals surface area contributed by atoms with Crippen LogP contribution in [0.15, 0.2) is 54.9 Å². The minimum absolute atomic E-state index is 0.0813. The second kappa shape index (κ2) is 4.05. The summed E-state index contributed by atoms with van der Waals surface area (Å²) in [5.41, 5.74) is 6.96. The van der Waals surface area contributed by atoms with Gasteiger partial charge in [-0.3, -0.25) is 4.98 Å². The molecule has 0 fully saturated rings. The normalized spacial score (nSPS) is 15.0. The van der Waals surface area contributed by atoms with Crippen molar-refractivity contribution in [3.8, 4) is 5.69 Å². The van der Waals surface area contributed by atoms with E-state index in [1.54, 1.807) is 0 Å². The monoisotopic (exact) mass is 294 g/mol. The van der Waals surface area contributed by atoms with Crippen molar-refractivity contribution in [2.75, 3.05) is 0 Å². The molecule has 0 amide bonds. The minimum atomic E-state index is -0.0813. The Morgan fingerprint density at radius 2 is 1.83 bits per heavy atom. The summed E-state index contributed by atoms with van der Waals surface area (Å²) in [6.45, 7) is 4.55. The average Bonchev–Trinajstić information content (AvgIpc) is 2.88. The van der Waals surface area contributed by atoms with E-state index in [2.05, 4.69) is 65.9 Å². The predicted octanol–water partition coefficient (Wildman–Crippen LogP) is 3.61. The van der Waals surface area contributed by atoms with Crippen LogP contribution in [0.25, 0.3) is 27.5 Å². The van der Waals surface area contributed by atoms with Crippen LogP contribution in [0.2, 0.25) is 0 Å². The van der Waals surface area contributed by atoms with Gasteiger partial charge >= 0.3 is 0 Å². The van der Waals surface area contributed by atoms with E-state index in [0.717, 1.165) is 11.0 Å². The van der Waals surface area contributed by atoms with Crippen LogP contribution >= 0.6 is 0 Å². The Balaban J connectivity index is 2.15. The molecule has 1 aliphatic heterocycles. The molecule has 5 rings (SSSR count). The van der Waals surface area contributed by atoms with Crippen molar-refractivity contribution < 1.29 is 0 Å². The summed E-state index contributed by atoms with van der Waals surface area (Å²) in [4.78, 5) is 4.35. The summed E-state index contributed by atoms with van der Waals surface area (Å²) in [6, 6.07) is 14.9. The first kappa shape index (κ1) is 12.9. The molecule has 2 nitrogen and oxygen atoms in total. The van der Waals surface area contributed by atoms with Crippen molar-refractivity contribution in [1.82, 2.24) is 9.55 Å². The Morgan fingerprint density at radius 3 is 2.70 bits per heavy atom. The van der Waals surface area contributed by atoms with E-state index < -0.39 is 0 Å². The highest BCUT2D eigenvalue weighted by Crippen LogP contribution is 2.46. The van der Waals surface area contributed by atoms with Crippen LogP contribution in [0.1, 0.15) is 25.0 Å². The fraction of sp³-hybridized carbons (Fsp3) is 0.150. The number of hydrogen-bond donors (Lipinski definition) is 0. The van der Waals surface area contributed by atoms with E-state index >= 15 is 0 Å². The maximum absolute atomic E-state index is 6.24. The first-order chi connectivity index (χ1) is 11.1. The summed E-state index contributed by atoms with van der Waals surface area (Å²) >= 11 is 0. The van der Waals surface area contributed by atoms with E-state index in [9.17, 15) is 0 Å². The second-order valence-corrected chi connectivity index (χ2v) is 6.84. The third kappa shape index (κ3) is 1.47. The quantitative estimate of drug-likeness (QED) is 0.453. The second-order valence-electron chi connectivity index (χ2n) is 6.84. The zero-order valence-corrected chi connectivity index (χ0v) is 13.2. The molecule has 0 atom stereocenters. The molecule has 1 aliphatic rings. The lowest BCUT2D eigenvalue weighted by molar-refractivity contribution is 0.630. The van der Waals surface area contributed by atoms with Gasteiger partial charge in [0, 0.05) is 22.4 Å². The fourth-order valence-electron chi connectivity index (χ4n) is 4.08. The van der Waals surface area contributed by atoms with Gasteiger partial charge in [-0.1, -0.05) is 49.6 Å². The summed E-state index contributed by atoms with van der Waals surface area (Å²) in [5.74, 6) is 0. The largest absolute Gasteiger partial charge is 0.307 e. The van der Waals surface area contributed by atoms with E-state index in [-0.39, 0.29) is 5.41 Å². The Hall–Kier alpha value is -2.55. The molecule has 2 aromatic carbocycles. The number of para-hydroxylation sites is 1. The molecule has 0 aliphatic carbocycles. The van der Waals surface area contributed by atoms with Crippen LogP contribution in [0.3, 0.4) is 0 Å². The highest BCUT2D eigenvalue weighted by atomic mass is 15.0. The SMILES string of the molecule is [B]c1cc2c3c(c1)c1ccncc1n3-c1ccccc1C2(C)C. The molecule has 4 aromatic rings. The van der Waals surface area contributed by atoms with Gasteiger partial charge in [0.1, 0.15) is 7.85 Å². The third-order valence-corrected chi connectivity index (χ3v) is 5.18. The van der Waals surface area contributed by atoms with Gasteiger partial charge < -0.3 is 4.57 Å². The van der Waals surface area contributed by atoms with Crippen LogP contribution in [0.5, 0.6) is 0 Å². The summed E-state index contributed by atoms with van der Waals surface area (Å²) < 4.78 is 2.34. The van der Waals surface area contributed by atoms with Gasteiger partial charge in [0.2, 0.25) is 0 Å². The Bertz CT molecular complexity index is 1110. The molecule has 0 saturated carbocycles. The molecule has 0 saturated heterocycles. The third-order valence-electron chi connectivity index (χ3n) is 5.18. The molecule has 3 heterocycles. The lowest BCUT2D eigenvalue weighted by Gasteiger charge is -2.35. The maximum Gasteiger partial charge on any atom is 0.113 e. The Morgan fingerprint density at radius 1 is 1.00 bits per heavy atom. The van der Waals surface area contributed by atoms with Crippen LogP contribution < -0.4 is 5.46 Å². The van der Waals surface area contributed by atoms with Crippen molar-refractivity contribution in [3.63, 3.8) is 0 Å². The van der Waals surface area contributed by atoms with Crippen LogP contribution in [0.4, 0.5) is 0 Å². The van der Waals surface area contributed by atoms with Crippen LogP contribution in [-0.4, -0.2) is 17.4 Å². The first-order valence-corrected chi connectivity index (χ1v) is 7.87.